The normalized spacial score (nSPS) is 11.6. The van der Waals surface area contributed by atoms with Crippen molar-refractivity contribution in [1.82, 2.24) is 4.98 Å². The molecule has 2 aromatic carbocycles. The summed E-state index contributed by atoms with van der Waals surface area (Å²) in [5, 5.41) is 5.11. The zero-order valence-corrected chi connectivity index (χ0v) is 19.0. The molecule has 1 heterocycles. The summed E-state index contributed by atoms with van der Waals surface area (Å²) in [6, 6.07) is 13.3. The Bertz CT molecular complexity index is 1160. The fraction of sp³-hybridized carbons (Fsp3) is 0.182. The summed E-state index contributed by atoms with van der Waals surface area (Å²) < 4.78 is 40.1. The number of alkyl halides is 3. The number of nitrogens with two attached hydrogens (primary N) is 1. The van der Waals surface area contributed by atoms with Crippen molar-refractivity contribution in [2.75, 3.05) is 10.8 Å². The van der Waals surface area contributed by atoms with Gasteiger partial charge in [-0.3, -0.25) is 9.59 Å². The minimum atomic E-state index is -4.56. The lowest BCUT2D eigenvalue weighted by Gasteiger charge is -2.18. The molecule has 0 bridgehead atoms. The van der Waals surface area contributed by atoms with Crippen molar-refractivity contribution in [3.05, 3.63) is 76.3 Å². The minimum absolute atomic E-state index is 0.00709. The molecular weight excluding hydrogens is 473 g/mol. The number of thiazole rings is 1. The number of hydrazone groups is 1. The number of primary amides is 1. The van der Waals surface area contributed by atoms with Crippen LogP contribution in [0.15, 0.2) is 64.0 Å². The fourth-order valence-electron chi connectivity index (χ4n) is 2.72. The largest absolute Gasteiger partial charge is 0.416 e. The number of benzene rings is 2. The molecule has 0 radical (unpaired) electrons. The van der Waals surface area contributed by atoms with Gasteiger partial charge in [0.15, 0.2) is 4.34 Å². The van der Waals surface area contributed by atoms with E-state index in [-0.39, 0.29) is 17.9 Å². The number of rotatable bonds is 8. The van der Waals surface area contributed by atoms with Crippen LogP contribution in [0.4, 0.5) is 18.9 Å². The van der Waals surface area contributed by atoms with Gasteiger partial charge in [0.2, 0.25) is 5.91 Å². The number of nitrogens with zero attached hydrogens (tertiary/aromatic N) is 3. The summed E-state index contributed by atoms with van der Waals surface area (Å²) in [7, 11) is 0. The lowest BCUT2D eigenvalue weighted by atomic mass is 10.2. The number of aryl methyl sites for hydroxylation is 1. The van der Waals surface area contributed by atoms with E-state index in [1.165, 1.54) is 29.7 Å². The van der Waals surface area contributed by atoms with E-state index >= 15 is 0 Å². The zero-order valence-electron chi connectivity index (χ0n) is 17.4. The number of aromatic nitrogens is 1. The second-order valence-corrected chi connectivity index (χ2v) is 9.14. The molecule has 0 spiro atoms. The fourth-order valence-corrected chi connectivity index (χ4v) is 4.81. The number of amides is 2. The maximum absolute atomic E-state index is 13.2. The van der Waals surface area contributed by atoms with Crippen LogP contribution in [0.1, 0.15) is 21.7 Å². The van der Waals surface area contributed by atoms with Crippen LogP contribution in [0, 0.1) is 6.92 Å². The molecule has 2 amide bonds. The van der Waals surface area contributed by atoms with Gasteiger partial charge in [0.1, 0.15) is 0 Å². The molecule has 172 valence electrons. The van der Waals surface area contributed by atoms with Gasteiger partial charge in [0, 0.05) is 4.88 Å². The Kier molecular flexibility index (Phi) is 7.88. The van der Waals surface area contributed by atoms with Gasteiger partial charge < -0.3 is 5.73 Å². The standard InChI is InChI=1S/C22H19F3N4O2S2/c1-14-18(11-19(26)30)33-21(28-14)32-13-20(31)29(27-12-15-6-3-2-4-7-15)17-9-5-8-16(10-17)22(23,24)25/h2-10,12H,11,13H2,1H3,(H2,26,30)/b27-12+. The quantitative estimate of drug-likeness (QED) is 0.282. The van der Waals surface area contributed by atoms with E-state index in [1.807, 2.05) is 6.07 Å². The number of hydrogen-bond acceptors (Lipinski definition) is 6. The molecule has 0 saturated heterocycles. The van der Waals surface area contributed by atoms with Crippen LogP contribution in [0.3, 0.4) is 0 Å². The number of thioether (sulfide) groups is 1. The van der Waals surface area contributed by atoms with E-state index in [1.54, 1.807) is 31.2 Å². The van der Waals surface area contributed by atoms with Crippen LogP contribution < -0.4 is 10.7 Å². The van der Waals surface area contributed by atoms with Crippen LogP contribution in [0.5, 0.6) is 0 Å². The van der Waals surface area contributed by atoms with Gasteiger partial charge in [-0.15, -0.1) is 11.3 Å². The van der Waals surface area contributed by atoms with Gasteiger partial charge in [-0.1, -0.05) is 48.2 Å². The molecule has 11 heteroatoms. The monoisotopic (exact) mass is 492 g/mol. The molecule has 0 atom stereocenters. The molecule has 1 aromatic heterocycles. The zero-order chi connectivity index (χ0) is 24.0. The van der Waals surface area contributed by atoms with E-state index in [0.29, 0.717) is 20.5 Å². The van der Waals surface area contributed by atoms with Gasteiger partial charge in [0.05, 0.1) is 35.3 Å². The molecule has 3 rings (SSSR count). The first-order chi connectivity index (χ1) is 15.6. The topological polar surface area (TPSA) is 88.7 Å². The molecule has 0 fully saturated rings. The van der Waals surface area contributed by atoms with Crippen LogP contribution in [0.2, 0.25) is 0 Å². The molecule has 0 saturated carbocycles. The van der Waals surface area contributed by atoms with Crippen molar-refractivity contribution in [2.24, 2.45) is 10.8 Å². The molecule has 33 heavy (non-hydrogen) atoms. The summed E-state index contributed by atoms with van der Waals surface area (Å²) >= 11 is 2.36. The van der Waals surface area contributed by atoms with E-state index in [0.717, 1.165) is 28.9 Å². The predicted molar refractivity (Wildman–Crippen MR) is 123 cm³/mol. The van der Waals surface area contributed by atoms with Gasteiger partial charge >= 0.3 is 6.18 Å². The van der Waals surface area contributed by atoms with Crippen LogP contribution >= 0.6 is 23.1 Å². The number of carbonyl (C=O) groups excluding carboxylic acids is 2. The van der Waals surface area contributed by atoms with Crippen LogP contribution in [0.25, 0.3) is 0 Å². The summed E-state index contributed by atoms with van der Waals surface area (Å²) in [6.45, 7) is 1.74. The Hall–Kier alpha value is -3.18. The first-order valence-corrected chi connectivity index (χ1v) is 11.4. The third-order valence-electron chi connectivity index (χ3n) is 4.30. The van der Waals surface area contributed by atoms with Crippen molar-refractivity contribution in [3.8, 4) is 0 Å². The number of anilines is 1. The maximum Gasteiger partial charge on any atom is 0.416 e. The average molecular weight is 493 g/mol. The van der Waals surface area contributed by atoms with Gasteiger partial charge in [-0.2, -0.15) is 18.3 Å². The predicted octanol–water partition coefficient (Wildman–Crippen LogP) is 4.66. The van der Waals surface area contributed by atoms with Crippen molar-refractivity contribution in [2.45, 2.75) is 23.9 Å². The Labute approximate surface area is 196 Å². The first-order valence-electron chi connectivity index (χ1n) is 9.60. The molecule has 6 nitrogen and oxygen atoms in total. The van der Waals surface area contributed by atoms with E-state index < -0.39 is 23.6 Å². The second kappa shape index (κ2) is 10.6. The number of carbonyl (C=O) groups is 2. The molecule has 0 aliphatic heterocycles. The lowest BCUT2D eigenvalue weighted by molar-refractivity contribution is -0.137. The summed E-state index contributed by atoms with van der Waals surface area (Å²) in [4.78, 5) is 29.2. The first kappa shape index (κ1) is 24.5. The average Bonchev–Trinajstić information content (AvgIpc) is 3.11. The van der Waals surface area contributed by atoms with Gasteiger partial charge in [-0.05, 0) is 30.7 Å². The Morgan fingerprint density at radius 1 is 1.18 bits per heavy atom. The highest BCUT2D eigenvalue weighted by atomic mass is 32.2. The van der Waals surface area contributed by atoms with Crippen molar-refractivity contribution in [3.63, 3.8) is 0 Å². The Morgan fingerprint density at radius 2 is 1.91 bits per heavy atom. The number of halogens is 3. The number of hydrogen-bond donors (Lipinski definition) is 1. The van der Waals surface area contributed by atoms with E-state index in [2.05, 4.69) is 10.1 Å². The van der Waals surface area contributed by atoms with E-state index in [9.17, 15) is 22.8 Å². The van der Waals surface area contributed by atoms with Crippen molar-refractivity contribution < 1.29 is 22.8 Å². The molecule has 2 N–H and O–H groups in total. The highest BCUT2D eigenvalue weighted by Crippen LogP contribution is 2.32. The smallest absolute Gasteiger partial charge is 0.369 e. The Balaban J connectivity index is 1.84. The third-order valence-corrected chi connectivity index (χ3v) is 6.59. The molecule has 0 unspecified atom stereocenters. The highest BCUT2D eigenvalue weighted by molar-refractivity contribution is 8.01. The third kappa shape index (κ3) is 6.90. The minimum Gasteiger partial charge on any atom is -0.369 e. The van der Waals surface area contributed by atoms with Crippen molar-refractivity contribution >= 4 is 46.8 Å². The summed E-state index contributed by atoms with van der Waals surface area (Å²) in [6.07, 6.45) is -3.10. The summed E-state index contributed by atoms with van der Waals surface area (Å²) in [5.74, 6) is -1.14. The lowest BCUT2D eigenvalue weighted by Crippen LogP contribution is -2.27. The SMILES string of the molecule is Cc1nc(SCC(=O)N(/N=C/c2ccccc2)c2cccc(C(F)(F)F)c2)sc1CC(N)=O. The molecular formula is C22H19F3N4O2S2. The summed E-state index contributed by atoms with van der Waals surface area (Å²) in [5.41, 5.74) is 5.67. The molecule has 3 aromatic rings. The van der Waals surface area contributed by atoms with Crippen molar-refractivity contribution in [1.29, 1.82) is 0 Å². The molecule has 0 aliphatic rings. The molecule has 0 aliphatic carbocycles. The second-order valence-electron chi connectivity index (χ2n) is 6.83. The maximum atomic E-state index is 13.2. The van der Waals surface area contributed by atoms with Gasteiger partial charge in [0.25, 0.3) is 5.91 Å². The van der Waals surface area contributed by atoms with E-state index in [4.69, 9.17) is 5.73 Å². The van der Waals surface area contributed by atoms with Crippen LogP contribution in [-0.2, 0) is 22.2 Å². The Morgan fingerprint density at radius 3 is 2.58 bits per heavy atom. The highest BCUT2D eigenvalue weighted by Gasteiger charge is 2.31. The van der Waals surface area contributed by atoms with Gasteiger partial charge in [-0.25, -0.2) is 9.99 Å². The van der Waals surface area contributed by atoms with Crippen LogP contribution in [-0.4, -0.2) is 28.8 Å².